The van der Waals surface area contributed by atoms with Crippen LogP contribution in [0.1, 0.15) is 34.7 Å². The quantitative estimate of drug-likeness (QED) is 0.897. The molecule has 1 aromatic heterocycles. The monoisotopic (exact) mass is 255 g/mol. The van der Waals surface area contributed by atoms with Crippen molar-refractivity contribution in [1.82, 2.24) is 9.55 Å². The summed E-state index contributed by atoms with van der Waals surface area (Å²) in [6.45, 7) is 2.98. The van der Waals surface area contributed by atoms with E-state index in [0.29, 0.717) is 5.69 Å². The SMILES string of the molecule is Cc1cccc(NC(=O)c2cn3c(n2)CCCC3)c1. The maximum absolute atomic E-state index is 12.2. The topological polar surface area (TPSA) is 46.9 Å². The number of rotatable bonds is 2. The number of benzene rings is 1. The summed E-state index contributed by atoms with van der Waals surface area (Å²) in [4.78, 5) is 16.6. The highest BCUT2D eigenvalue weighted by Gasteiger charge is 2.16. The average Bonchev–Trinajstić information content (AvgIpc) is 2.82. The second-order valence-electron chi connectivity index (χ2n) is 5.02. The van der Waals surface area contributed by atoms with E-state index >= 15 is 0 Å². The minimum atomic E-state index is -0.132. The fourth-order valence-corrected chi connectivity index (χ4v) is 2.44. The molecule has 4 nitrogen and oxygen atoms in total. The van der Waals surface area contributed by atoms with Crippen LogP contribution in [0, 0.1) is 6.92 Å². The molecule has 1 N–H and O–H groups in total. The third-order valence-electron chi connectivity index (χ3n) is 3.42. The first-order valence-corrected chi connectivity index (χ1v) is 6.66. The number of nitrogens with zero attached hydrogens (tertiary/aromatic N) is 2. The fourth-order valence-electron chi connectivity index (χ4n) is 2.44. The van der Waals surface area contributed by atoms with Gasteiger partial charge in [-0.25, -0.2) is 4.98 Å². The predicted octanol–water partition coefficient (Wildman–Crippen LogP) is 2.78. The Morgan fingerprint density at radius 1 is 1.37 bits per heavy atom. The zero-order chi connectivity index (χ0) is 13.2. The second-order valence-corrected chi connectivity index (χ2v) is 5.02. The summed E-state index contributed by atoms with van der Waals surface area (Å²) in [5.41, 5.74) is 2.45. The van der Waals surface area contributed by atoms with Crippen LogP contribution in [-0.4, -0.2) is 15.5 Å². The van der Waals surface area contributed by atoms with Gasteiger partial charge in [0.25, 0.3) is 5.91 Å². The molecular formula is C15H17N3O. The van der Waals surface area contributed by atoms with Gasteiger partial charge in [0.15, 0.2) is 0 Å². The van der Waals surface area contributed by atoms with Gasteiger partial charge in [-0.05, 0) is 37.5 Å². The number of anilines is 1. The summed E-state index contributed by atoms with van der Waals surface area (Å²) in [5.74, 6) is 0.896. The maximum atomic E-state index is 12.2. The zero-order valence-electron chi connectivity index (χ0n) is 11.0. The number of carbonyl (C=O) groups is 1. The van der Waals surface area contributed by atoms with Gasteiger partial charge < -0.3 is 9.88 Å². The molecule has 0 saturated carbocycles. The van der Waals surface area contributed by atoms with Crippen molar-refractivity contribution in [3.8, 4) is 0 Å². The molecule has 1 aliphatic heterocycles. The molecule has 0 saturated heterocycles. The molecule has 19 heavy (non-hydrogen) atoms. The molecule has 3 rings (SSSR count). The van der Waals surface area contributed by atoms with E-state index < -0.39 is 0 Å². The highest BCUT2D eigenvalue weighted by atomic mass is 16.1. The number of aryl methyl sites for hydroxylation is 3. The Labute approximate surface area is 112 Å². The van der Waals surface area contributed by atoms with Gasteiger partial charge in [0.1, 0.15) is 11.5 Å². The van der Waals surface area contributed by atoms with Crippen molar-refractivity contribution < 1.29 is 4.79 Å². The molecule has 98 valence electrons. The summed E-state index contributed by atoms with van der Waals surface area (Å²) >= 11 is 0. The van der Waals surface area contributed by atoms with Crippen molar-refractivity contribution in [3.05, 3.63) is 47.5 Å². The van der Waals surface area contributed by atoms with E-state index in [1.807, 2.05) is 37.4 Å². The summed E-state index contributed by atoms with van der Waals surface area (Å²) < 4.78 is 2.09. The van der Waals surface area contributed by atoms with Gasteiger partial charge in [0.2, 0.25) is 0 Å². The molecule has 0 bridgehead atoms. The first-order valence-electron chi connectivity index (χ1n) is 6.66. The molecule has 1 aromatic carbocycles. The van der Waals surface area contributed by atoms with Crippen LogP contribution in [0.5, 0.6) is 0 Å². The third kappa shape index (κ3) is 2.52. The molecule has 0 radical (unpaired) electrons. The predicted molar refractivity (Wildman–Crippen MR) is 74.3 cm³/mol. The first-order chi connectivity index (χ1) is 9.22. The second kappa shape index (κ2) is 4.88. The van der Waals surface area contributed by atoms with E-state index in [-0.39, 0.29) is 5.91 Å². The van der Waals surface area contributed by atoms with E-state index in [9.17, 15) is 4.79 Å². The van der Waals surface area contributed by atoms with E-state index in [2.05, 4.69) is 14.9 Å². The standard InChI is InChI=1S/C15H17N3O/c1-11-5-4-6-12(9-11)16-15(19)13-10-18-8-3-2-7-14(18)17-13/h4-6,9-10H,2-3,7-8H2,1H3,(H,16,19). The van der Waals surface area contributed by atoms with Crippen LogP contribution in [0.4, 0.5) is 5.69 Å². The molecule has 4 heteroatoms. The summed E-state index contributed by atoms with van der Waals surface area (Å²) in [7, 11) is 0. The Balaban J connectivity index is 1.78. The summed E-state index contributed by atoms with van der Waals surface area (Å²) in [6, 6.07) is 7.78. The highest BCUT2D eigenvalue weighted by Crippen LogP contribution is 2.16. The van der Waals surface area contributed by atoms with Gasteiger partial charge in [-0.3, -0.25) is 4.79 Å². The molecule has 0 spiro atoms. The lowest BCUT2D eigenvalue weighted by molar-refractivity contribution is 0.102. The van der Waals surface area contributed by atoms with Crippen LogP contribution >= 0.6 is 0 Å². The lowest BCUT2D eigenvalue weighted by Crippen LogP contribution is -2.12. The summed E-state index contributed by atoms with van der Waals surface area (Å²) in [6.07, 6.45) is 5.16. The minimum Gasteiger partial charge on any atom is -0.334 e. The van der Waals surface area contributed by atoms with Crippen LogP contribution < -0.4 is 5.32 Å². The number of hydrogen-bond donors (Lipinski definition) is 1. The number of nitrogens with one attached hydrogen (secondary N) is 1. The molecule has 1 amide bonds. The Hall–Kier alpha value is -2.10. The summed E-state index contributed by atoms with van der Waals surface area (Å²) in [5, 5.41) is 2.89. The van der Waals surface area contributed by atoms with Crippen LogP contribution in [0.3, 0.4) is 0 Å². The Bertz CT molecular complexity index is 592. The van der Waals surface area contributed by atoms with Crippen molar-refractivity contribution >= 4 is 11.6 Å². The van der Waals surface area contributed by atoms with Crippen molar-refractivity contribution in [2.75, 3.05) is 5.32 Å². The van der Waals surface area contributed by atoms with Crippen molar-refractivity contribution in [2.24, 2.45) is 0 Å². The Morgan fingerprint density at radius 2 is 2.26 bits per heavy atom. The van der Waals surface area contributed by atoms with Gasteiger partial charge in [0, 0.05) is 24.8 Å². The molecule has 0 aliphatic carbocycles. The van der Waals surface area contributed by atoms with Crippen molar-refractivity contribution in [2.45, 2.75) is 32.7 Å². The third-order valence-corrected chi connectivity index (χ3v) is 3.42. The van der Waals surface area contributed by atoms with Crippen LogP contribution in [0.2, 0.25) is 0 Å². The van der Waals surface area contributed by atoms with Gasteiger partial charge >= 0.3 is 0 Å². The molecule has 2 heterocycles. The largest absolute Gasteiger partial charge is 0.334 e. The van der Waals surface area contributed by atoms with Gasteiger partial charge in [-0.1, -0.05) is 12.1 Å². The Morgan fingerprint density at radius 3 is 3.05 bits per heavy atom. The van der Waals surface area contributed by atoms with Crippen molar-refractivity contribution in [3.63, 3.8) is 0 Å². The molecule has 0 unspecified atom stereocenters. The first kappa shape index (κ1) is 12.0. The minimum absolute atomic E-state index is 0.132. The molecule has 0 atom stereocenters. The van der Waals surface area contributed by atoms with Crippen molar-refractivity contribution in [1.29, 1.82) is 0 Å². The number of carbonyl (C=O) groups excluding carboxylic acids is 1. The van der Waals surface area contributed by atoms with Gasteiger partial charge in [-0.2, -0.15) is 0 Å². The number of aromatic nitrogens is 2. The van der Waals surface area contributed by atoms with E-state index in [1.165, 1.54) is 6.42 Å². The smallest absolute Gasteiger partial charge is 0.275 e. The average molecular weight is 255 g/mol. The zero-order valence-corrected chi connectivity index (χ0v) is 11.0. The number of hydrogen-bond acceptors (Lipinski definition) is 2. The molecular weight excluding hydrogens is 238 g/mol. The number of amides is 1. The lowest BCUT2D eigenvalue weighted by atomic mass is 10.2. The fraction of sp³-hybridized carbons (Fsp3) is 0.333. The van der Waals surface area contributed by atoms with Crippen LogP contribution in [0.15, 0.2) is 30.5 Å². The van der Waals surface area contributed by atoms with Gasteiger partial charge in [-0.15, -0.1) is 0 Å². The number of fused-ring (bicyclic) bond motifs is 1. The molecule has 1 aliphatic rings. The van der Waals surface area contributed by atoms with Crippen LogP contribution in [-0.2, 0) is 13.0 Å². The Kier molecular flexibility index (Phi) is 3.07. The molecule has 2 aromatic rings. The van der Waals surface area contributed by atoms with E-state index in [0.717, 1.165) is 36.5 Å². The maximum Gasteiger partial charge on any atom is 0.275 e. The van der Waals surface area contributed by atoms with Crippen LogP contribution in [0.25, 0.3) is 0 Å². The normalized spacial score (nSPS) is 13.9. The van der Waals surface area contributed by atoms with Gasteiger partial charge in [0.05, 0.1) is 0 Å². The molecule has 0 fully saturated rings. The highest BCUT2D eigenvalue weighted by molar-refractivity contribution is 6.02. The number of imidazole rings is 1. The van der Waals surface area contributed by atoms with E-state index in [1.54, 1.807) is 0 Å². The lowest BCUT2D eigenvalue weighted by Gasteiger charge is -2.11. The van der Waals surface area contributed by atoms with E-state index in [4.69, 9.17) is 0 Å².